The van der Waals surface area contributed by atoms with Crippen molar-refractivity contribution in [3.63, 3.8) is 0 Å². The first-order valence-electron chi connectivity index (χ1n) is 6.26. The van der Waals surface area contributed by atoms with Gasteiger partial charge in [-0.3, -0.25) is 20.4 Å². The maximum atomic E-state index is 11.8. The van der Waals surface area contributed by atoms with Gasteiger partial charge in [-0.1, -0.05) is 12.1 Å². The number of amides is 2. The van der Waals surface area contributed by atoms with Crippen LogP contribution in [0.3, 0.4) is 0 Å². The van der Waals surface area contributed by atoms with E-state index in [0.29, 0.717) is 12.0 Å². The summed E-state index contributed by atoms with van der Waals surface area (Å²) >= 11 is 0. The van der Waals surface area contributed by atoms with E-state index in [1.807, 2.05) is 6.92 Å². The Bertz CT molecular complexity index is 577. The molecule has 1 aromatic heterocycles. The maximum Gasteiger partial charge on any atom is 0.269 e. The molecule has 0 radical (unpaired) electrons. The van der Waals surface area contributed by atoms with Crippen molar-refractivity contribution in [1.82, 2.24) is 25.8 Å². The van der Waals surface area contributed by atoms with E-state index in [-0.39, 0.29) is 11.8 Å². The lowest BCUT2D eigenvalue weighted by molar-refractivity contribution is -0.121. The van der Waals surface area contributed by atoms with E-state index in [4.69, 9.17) is 0 Å². The third-order valence-electron chi connectivity index (χ3n) is 2.61. The topological polar surface area (TPSA) is 88.9 Å². The van der Waals surface area contributed by atoms with Crippen LogP contribution in [0, 0.1) is 0 Å². The third-order valence-corrected chi connectivity index (χ3v) is 2.61. The van der Waals surface area contributed by atoms with Crippen molar-refractivity contribution in [2.75, 3.05) is 0 Å². The van der Waals surface area contributed by atoms with Crippen LogP contribution in [0.2, 0.25) is 0 Å². The zero-order chi connectivity index (χ0) is 14.4. The van der Waals surface area contributed by atoms with Gasteiger partial charge < -0.3 is 0 Å². The van der Waals surface area contributed by atoms with Gasteiger partial charge in [0.15, 0.2) is 0 Å². The molecule has 0 bridgehead atoms. The van der Waals surface area contributed by atoms with Crippen molar-refractivity contribution in [2.45, 2.75) is 19.8 Å². The predicted octanol–water partition coefficient (Wildman–Crippen LogP) is 0.828. The van der Waals surface area contributed by atoms with Gasteiger partial charge in [0.2, 0.25) is 5.91 Å². The van der Waals surface area contributed by atoms with Crippen molar-refractivity contribution in [3.8, 4) is 5.69 Å². The molecule has 0 fully saturated rings. The molecule has 0 saturated carbocycles. The Kier molecular flexibility index (Phi) is 4.43. The van der Waals surface area contributed by atoms with Crippen LogP contribution in [-0.2, 0) is 4.79 Å². The van der Waals surface area contributed by atoms with Crippen molar-refractivity contribution in [3.05, 3.63) is 42.2 Å². The summed E-state index contributed by atoms with van der Waals surface area (Å²) in [5, 5.41) is 7.56. The van der Waals surface area contributed by atoms with Gasteiger partial charge in [0.1, 0.15) is 0 Å². The SMILES string of the molecule is CCCC(=O)NNC(=O)c1ccc(-n2ccnn2)cc1. The fourth-order valence-electron chi connectivity index (χ4n) is 1.60. The Hall–Kier alpha value is -2.70. The summed E-state index contributed by atoms with van der Waals surface area (Å²) in [6.45, 7) is 1.89. The normalized spacial score (nSPS) is 10.1. The number of hydrogen-bond acceptors (Lipinski definition) is 4. The molecule has 1 heterocycles. The average molecular weight is 273 g/mol. The Morgan fingerprint density at radius 2 is 1.95 bits per heavy atom. The first-order valence-corrected chi connectivity index (χ1v) is 6.26. The van der Waals surface area contributed by atoms with Crippen molar-refractivity contribution in [2.24, 2.45) is 0 Å². The van der Waals surface area contributed by atoms with E-state index < -0.39 is 0 Å². The van der Waals surface area contributed by atoms with E-state index >= 15 is 0 Å². The highest BCUT2D eigenvalue weighted by Gasteiger charge is 2.07. The minimum atomic E-state index is -0.361. The van der Waals surface area contributed by atoms with Crippen LogP contribution in [-0.4, -0.2) is 26.8 Å². The predicted molar refractivity (Wildman–Crippen MR) is 71.9 cm³/mol. The number of aromatic nitrogens is 3. The van der Waals surface area contributed by atoms with Crippen LogP contribution < -0.4 is 10.9 Å². The first-order chi connectivity index (χ1) is 9.70. The molecule has 0 aliphatic rings. The highest BCUT2D eigenvalue weighted by atomic mass is 16.2. The number of carbonyl (C=O) groups excluding carboxylic acids is 2. The smallest absolute Gasteiger partial charge is 0.269 e. The lowest BCUT2D eigenvalue weighted by Gasteiger charge is -2.07. The van der Waals surface area contributed by atoms with Gasteiger partial charge in [-0.15, -0.1) is 5.10 Å². The minimum Gasteiger partial charge on any atom is -0.273 e. The second-order valence-corrected chi connectivity index (χ2v) is 4.15. The standard InChI is InChI=1S/C13H15N5O2/c1-2-3-12(19)15-16-13(20)10-4-6-11(7-5-10)18-9-8-14-17-18/h4-9H,2-3H2,1H3,(H,15,19)(H,16,20). The Morgan fingerprint density at radius 3 is 2.55 bits per heavy atom. The molecule has 104 valence electrons. The average Bonchev–Trinajstić information content (AvgIpc) is 2.99. The van der Waals surface area contributed by atoms with E-state index in [1.54, 1.807) is 41.3 Å². The van der Waals surface area contributed by atoms with Gasteiger partial charge in [-0.2, -0.15) is 0 Å². The van der Waals surface area contributed by atoms with E-state index in [0.717, 1.165) is 12.1 Å². The van der Waals surface area contributed by atoms with Gasteiger partial charge in [0.05, 0.1) is 18.1 Å². The molecule has 0 atom stereocenters. The van der Waals surface area contributed by atoms with Crippen molar-refractivity contribution in [1.29, 1.82) is 0 Å². The molecule has 7 nitrogen and oxygen atoms in total. The molecule has 20 heavy (non-hydrogen) atoms. The largest absolute Gasteiger partial charge is 0.273 e. The van der Waals surface area contributed by atoms with Gasteiger partial charge in [0, 0.05) is 12.0 Å². The molecule has 7 heteroatoms. The zero-order valence-electron chi connectivity index (χ0n) is 11.0. The van der Waals surface area contributed by atoms with Gasteiger partial charge in [-0.25, -0.2) is 4.68 Å². The monoisotopic (exact) mass is 273 g/mol. The van der Waals surface area contributed by atoms with Crippen molar-refractivity contribution >= 4 is 11.8 Å². The zero-order valence-corrected chi connectivity index (χ0v) is 11.0. The van der Waals surface area contributed by atoms with Gasteiger partial charge in [0.25, 0.3) is 5.91 Å². The number of hydrazine groups is 1. The number of rotatable bonds is 4. The van der Waals surface area contributed by atoms with Gasteiger partial charge in [-0.05, 0) is 30.7 Å². The third kappa shape index (κ3) is 3.41. The molecule has 2 rings (SSSR count). The highest BCUT2D eigenvalue weighted by molar-refractivity contribution is 5.95. The fourth-order valence-corrected chi connectivity index (χ4v) is 1.60. The number of nitrogens with zero attached hydrogens (tertiary/aromatic N) is 3. The number of carbonyl (C=O) groups is 2. The Labute approximate surface area is 116 Å². The number of nitrogens with one attached hydrogen (secondary N) is 2. The Morgan fingerprint density at radius 1 is 1.20 bits per heavy atom. The summed E-state index contributed by atoms with van der Waals surface area (Å²) in [5.74, 6) is -0.570. The first kappa shape index (κ1) is 13.7. The van der Waals surface area contributed by atoms with E-state index in [1.165, 1.54) is 0 Å². The molecular weight excluding hydrogens is 258 g/mol. The summed E-state index contributed by atoms with van der Waals surface area (Å²) in [7, 11) is 0. The van der Waals surface area contributed by atoms with Crippen LogP contribution in [0.1, 0.15) is 30.1 Å². The quantitative estimate of drug-likeness (QED) is 0.807. The lowest BCUT2D eigenvalue weighted by atomic mass is 10.2. The maximum absolute atomic E-state index is 11.8. The summed E-state index contributed by atoms with van der Waals surface area (Å²) in [4.78, 5) is 23.0. The van der Waals surface area contributed by atoms with Crippen LogP contribution in [0.15, 0.2) is 36.7 Å². The van der Waals surface area contributed by atoms with Crippen LogP contribution >= 0.6 is 0 Å². The van der Waals surface area contributed by atoms with E-state index in [9.17, 15) is 9.59 Å². The molecule has 2 aromatic rings. The number of hydrogen-bond donors (Lipinski definition) is 2. The van der Waals surface area contributed by atoms with Crippen LogP contribution in [0.25, 0.3) is 5.69 Å². The minimum absolute atomic E-state index is 0.208. The molecule has 1 aromatic carbocycles. The molecular formula is C13H15N5O2. The number of benzene rings is 1. The lowest BCUT2D eigenvalue weighted by Crippen LogP contribution is -2.41. The molecule has 2 N–H and O–H groups in total. The van der Waals surface area contributed by atoms with Crippen molar-refractivity contribution < 1.29 is 9.59 Å². The summed E-state index contributed by atoms with van der Waals surface area (Å²) in [6, 6.07) is 6.80. The fraction of sp³-hybridized carbons (Fsp3) is 0.231. The highest BCUT2D eigenvalue weighted by Crippen LogP contribution is 2.07. The molecule has 0 unspecified atom stereocenters. The summed E-state index contributed by atoms with van der Waals surface area (Å²) in [5.41, 5.74) is 5.97. The van der Waals surface area contributed by atoms with Crippen LogP contribution in [0.5, 0.6) is 0 Å². The Balaban J connectivity index is 1.96. The molecule has 0 aliphatic heterocycles. The summed E-state index contributed by atoms with van der Waals surface area (Å²) in [6.07, 6.45) is 4.39. The second kappa shape index (κ2) is 6.46. The second-order valence-electron chi connectivity index (χ2n) is 4.15. The summed E-state index contributed by atoms with van der Waals surface area (Å²) < 4.78 is 1.59. The molecule has 0 aliphatic carbocycles. The molecule has 0 spiro atoms. The van der Waals surface area contributed by atoms with E-state index in [2.05, 4.69) is 21.2 Å². The van der Waals surface area contributed by atoms with Gasteiger partial charge >= 0.3 is 0 Å². The van der Waals surface area contributed by atoms with Crippen LogP contribution in [0.4, 0.5) is 0 Å². The molecule has 0 saturated heterocycles. The molecule has 2 amide bonds.